The number of hydrogen-bond acceptors (Lipinski definition) is 3. The molecular weight excluding hydrogens is 376 g/mol. The maximum atomic E-state index is 12.8. The van der Waals surface area contributed by atoms with Gasteiger partial charge in [0.2, 0.25) is 0 Å². The number of aryl methyl sites for hydroxylation is 1. The van der Waals surface area contributed by atoms with Gasteiger partial charge in [-0.25, -0.2) is 9.78 Å². The molecule has 0 unspecified atom stereocenters. The molecule has 144 valence electrons. The zero-order valence-corrected chi connectivity index (χ0v) is 16.3. The minimum atomic E-state index is -0.111. The molecule has 1 aliphatic rings. The first-order valence-electron chi connectivity index (χ1n) is 9.31. The third-order valence-corrected chi connectivity index (χ3v) is 5.48. The second-order valence-electron chi connectivity index (χ2n) is 7.11. The molecule has 0 radical (unpaired) electrons. The molecule has 0 atom stereocenters. The van der Waals surface area contributed by atoms with Crippen molar-refractivity contribution in [1.82, 2.24) is 14.5 Å². The van der Waals surface area contributed by atoms with Crippen LogP contribution in [0.1, 0.15) is 24.4 Å². The highest BCUT2D eigenvalue weighted by Gasteiger charge is 2.25. The number of halogens is 1. The van der Waals surface area contributed by atoms with Crippen LogP contribution in [0.15, 0.2) is 53.6 Å². The van der Waals surface area contributed by atoms with E-state index in [0.29, 0.717) is 41.9 Å². The first-order chi connectivity index (χ1) is 13.5. The second-order valence-corrected chi connectivity index (χ2v) is 7.52. The summed E-state index contributed by atoms with van der Waals surface area (Å²) in [4.78, 5) is 31.5. The minimum absolute atomic E-state index is 0.0198. The van der Waals surface area contributed by atoms with E-state index >= 15 is 0 Å². The number of urea groups is 1. The van der Waals surface area contributed by atoms with E-state index in [-0.39, 0.29) is 17.6 Å². The molecule has 2 heterocycles. The number of rotatable bonds is 2. The lowest BCUT2D eigenvalue weighted by Gasteiger charge is -2.32. The number of piperidine rings is 1. The maximum absolute atomic E-state index is 12.8. The van der Waals surface area contributed by atoms with Crippen LogP contribution in [0.25, 0.3) is 10.9 Å². The highest BCUT2D eigenvalue weighted by Crippen LogP contribution is 2.24. The lowest BCUT2D eigenvalue weighted by molar-refractivity contribution is 0.182. The van der Waals surface area contributed by atoms with Gasteiger partial charge in [0, 0.05) is 24.8 Å². The number of carbonyl (C=O) groups excluding carboxylic acids is 1. The molecule has 0 saturated carbocycles. The quantitative estimate of drug-likeness (QED) is 0.704. The van der Waals surface area contributed by atoms with Crippen molar-refractivity contribution in [3.63, 3.8) is 0 Å². The largest absolute Gasteiger partial charge is 0.324 e. The molecule has 4 rings (SSSR count). The van der Waals surface area contributed by atoms with Crippen LogP contribution in [0.2, 0.25) is 5.02 Å². The Balaban J connectivity index is 1.45. The molecule has 2 aromatic carbocycles. The predicted octanol–water partition coefficient (Wildman–Crippen LogP) is 4.23. The van der Waals surface area contributed by atoms with E-state index in [4.69, 9.17) is 11.6 Å². The van der Waals surface area contributed by atoms with Crippen molar-refractivity contribution in [3.8, 4) is 0 Å². The number of hydrogen-bond donors (Lipinski definition) is 1. The molecule has 0 bridgehead atoms. The Kier molecular flexibility index (Phi) is 5.05. The highest BCUT2D eigenvalue weighted by molar-refractivity contribution is 6.34. The number of likely N-dealkylation sites (tertiary alicyclic amines) is 1. The van der Waals surface area contributed by atoms with Gasteiger partial charge >= 0.3 is 6.03 Å². The highest BCUT2D eigenvalue weighted by atomic mass is 35.5. The van der Waals surface area contributed by atoms with Gasteiger partial charge < -0.3 is 10.2 Å². The van der Waals surface area contributed by atoms with Crippen molar-refractivity contribution in [2.75, 3.05) is 18.4 Å². The Labute approximate surface area is 167 Å². The number of para-hydroxylation sites is 1. The smallest absolute Gasteiger partial charge is 0.321 e. The molecule has 1 N–H and O–H groups in total. The summed E-state index contributed by atoms with van der Waals surface area (Å²) in [7, 11) is 0. The first-order valence-corrected chi connectivity index (χ1v) is 9.68. The number of nitrogens with zero attached hydrogens (tertiary/aromatic N) is 3. The van der Waals surface area contributed by atoms with Crippen molar-refractivity contribution < 1.29 is 4.79 Å². The Bertz CT molecular complexity index is 1090. The maximum Gasteiger partial charge on any atom is 0.321 e. The van der Waals surface area contributed by atoms with Gasteiger partial charge in [-0.1, -0.05) is 29.8 Å². The van der Waals surface area contributed by atoms with Crippen molar-refractivity contribution >= 4 is 34.2 Å². The molecular formula is C21H21ClN4O2. The fraction of sp³-hybridized carbons (Fsp3) is 0.286. The van der Waals surface area contributed by atoms with E-state index in [9.17, 15) is 9.59 Å². The number of nitrogens with one attached hydrogen (secondary N) is 1. The van der Waals surface area contributed by atoms with E-state index in [2.05, 4.69) is 10.3 Å². The van der Waals surface area contributed by atoms with Gasteiger partial charge in [-0.3, -0.25) is 9.36 Å². The third-order valence-electron chi connectivity index (χ3n) is 5.18. The van der Waals surface area contributed by atoms with Crippen LogP contribution < -0.4 is 10.9 Å². The lowest BCUT2D eigenvalue weighted by atomic mass is 10.0. The van der Waals surface area contributed by atoms with Crippen molar-refractivity contribution in [3.05, 3.63) is 69.7 Å². The molecule has 28 heavy (non-hydrogen) atoms. The molecule has 1 aliphatic heterocycles. The van der Waals surface area contributed by atoms with Crippen LogP contribution in [0, 0.1) is 6.92 Å². The summed E-state index contributed by atoms with van der Waals surface area (Å²) >= 11 is 6.14. The normalized spacial score (nSPS) is 15.0. The van der Waals surface area contributed by atoms with Gasteiger partial charge in [0.15, 0.2) is 0 Å². The first kappa shape index (κ1) is 18.5. The molecule has 1 fully saturated rings. The summed E-state index contributed by atoms with van der Waals surface area (Å²) in [5.74, 6) is 0. The fourth-order valence-corrected chi connectivity index (χ4v) is 3.89. The molecule has 0 aliphatic carbocycles. The van der Waals surface area contributed by atoms with E-state index < -0.39 is 0 Å². The van der Waals surface area contributed by atoms with Crippen LogP contribution in [-0.2, 0) is 0 Å². The van der Waals surface area contributed by atoms with E-state index in [1.54, 1.807) is 34.0 Å². The standard InChI is InChI=1S/C21H21ClN4O2/c1-14-4-2-5-15(12-14)24-21(28)25-10-8-16(9-11-25)26-13-23-19-17(20(26)27)6-3-7-18(19)22/h2-7,12-13,16H,8-11H2,1H3,(H,24,28). The summed E-state index contributed by atoms with van der Waals surface area (Å²) in [5.41, 5.74) is 2.33. The molecule has 3 aromatic rings. The SMILES string of the molecule is Cc1cccc(NC(=O)N2CCC(n3cnc4c(Cl)cccc4c3=O)CC2)c1. The fourth-order valence-electron chi connectivity index (χ4n) is 3.66. The number of aromatic nitrogens is 2. The van der Waals surface area contributed by atoms with Crippen LogP contribution in [0.4, 0.5) is 10.5 Å². The second kappa shape index (κ2) is 7.64. The van der Waals surface area contributed by atoms with Gasteiger partial charge in [0.05, 0.1) is 22.3 Å². The number of fused-ring (bicyclic) bond motifs is 1. The van der Waals surface area contributed by atoms with Crippen LogP contribution in [0.5, 0.6) is 0 Å². The molecule has 2 amide bonds. The van der Waals surface area contributed by atoms with Crippen molar-refractivity contribution in [2.45, 2.75) is 25.8 Å². The van der Waals surface area contributed by atoms with Gasteiger partial charge in [0.25, 0.3) is 5.56 Å². The number of anilines is 1. The predicted molar refractivity (Wildman–Crippen MR) is 111 cm³/mol. The summed E-state index contributed by atoms with van der Waals surface area (Å²) in [6.45, 7) is 3.16. The molecule has 1 aromatic heterocycles. The van der Waals surface area contributed by atoms with Gasteiger partial charge in [-0.05, 0) is 49.6 Å². The summed E-state index contributed by atoms with van der Waals surface area (Å²) in [6, 6.07) is 12.9. The lowest BCUT2D eigenvalue weighted by Crippen LogP contribution is -2.42. The van der Waals surface area contributed by atoms with Gasteiger partial charge in [-0.2, -0.15) is 0 Å². The van der Waals surface area contributed by atoms with Gasteiger partial charge in [-0.15, -0.1) is 0 Å². The number of benzene rings is 2. The van der Waals surface area contributed by atoms with Gasteiger partial charge in [0.1, 0.15) is 0 Å². The van der Waals surface area contributed by atoms with Crippen LogP contribution in [-0.4, -0.2) is 33.6 Å². The minimum Gasteiger partial charge on any atom is -0.324 e. The molecule has 6 nitrogen and oxygen atoms in total. The molecule has 1 saturated heterocycles. The average molecular weight is 397 g/mol. The monoisotopic (exact) mass is 396 g/mol. The Morgan fingerprint density at radius 1 is 1.18 bits per heavy atom. The Morgan fingerprint density at radius 2 is 1.93 bits per heavy atom. The van der Waals surface area contributed by atoms with E-state index in [1.807, 2.05) is 31.2 Å². The summed E-state index contributed by atoms with van der Waals surface area (Å²) < 4.78 is 1.68. The molecule has 0 spiro atoms. The average Bonchev–Trinajstić information content (AvgIpc) is 2.69. The van der Waals surface area contributed by atoms with Crippen LogP contribution >= 0.6 is 11.6 Å². The zero-order chi connectivity index (χ0) is 19.7. The van der Waals surface area contributed by atoms with Crippen molar-refractivity contribution in [2.24, 2.45) is 0 Å². The topological polar surface area (TPSA) is 67.2 Å². The third kappa shape index (κ3) is 3.60. The summed E-state index contributed by atoms with van der Waals surface area (Å²) in [5, 5.41) is 3.94. The Morgan fingerprint density at radius 3 is 2.68 bits per heavy atom. The number of amides is 2. The Hall–Kier alpha value is -2.86. The summed E-state index contributed by atoms with van der Waals surface area (Å²) in [6.07, 6.45) is 2.98. The van der Waals surface area contributed by atoms with Crippen LogP contribution in [0.3, 0.4) is 0 Å². The van der Waals surface area contributed by atoms with Crippen molar-refractivity contribution in [1.29, 1.82) is 0 Å². The number of carbonyl (C=O) groups is 1. The molecule has 7 heteroatoms. The van der Waals surface area contributed by atoms with E-state index in [1.165, 1.54) is 0 Å². The zero-order valence-electron chi connectivity index (χ0n) is 15.6. The van der Waals surface area contributed by atoms with E-state index in [0.717, 1.165) is 11.3 Å².